The maximum Gasteiger partial charge on any atom is 0.142 e. The molecule has 0 amide bonds. The maximum absolute atomic E-state index is 13.3. The smallest absolute Gasteiger partial charge is 0.142 e. The van der Waals surface area contributed by atoms with Crippen molar-refractivity contribution in [3.05, 3.63) is 51.0 Å². The van der Waals surface area contributed by atoms with Gasteiger partial charge in [-0.15, -0.1) is 0 Å². The molecule has 0 spiro atoms. The van der Waals surface area contributed by atoms with Gasteiger partial charge in [0.25, 0.3) is 0 Å². The molecule has 1 N–H and O–H groups in total. The number of aromatic nitrogens is 1. The van der Waals surface area contributed by atoms with Crippen LogP contribution in [0.25, 0.3) is 11.1 Å². The Morgan fingerprint density at radius 2 is 1.83 bits per heavy atom. The summed E-state index contributed by atoms with van der Waals surface area (Å²) in [5, 5.41) is 10.0. The van der Waals surface area contributed by atoms with Crippen molar-refractivity contribution in [2.75, 3.05) is 0 Å². The van der Waals surface area contributed by atoms with Crippen LogP contribution in [-0.4, -0.2) is 10.1 Å². The topological polar surface area (TPSA) is 33.1 Å². The van der Waals surface area contributed by atoms with Crippen LogP contribution in [0.5, 0.6) is 0 Å². The molecule has 18 heavy (non-hydrogen) atoms. The monoisotopic (exact) mass is 305 g/mol. The highest BCUT2D eigenvalue weighted by molar-refractivity contribution is 6.46. The number of hydrogen-bond donors (Lipinski definition) is 1. The van der Waals surface area contributed by atoms with Crippen molar-refractivity contribution in [1.29, 1.82) is 0 Å². The van der Waals surface area contributed by atoms with Crippen LogP contribution < -0.4 is 0 Å². The molecule has 0 radical (unpaired) electrons. The Morgan fingerprint density at radius 1 is 1.17 bits per heavy atom. The number of halogens is 4. The van der Waals surface area contributed by atoms with Crippen LogP contribution >= 0.6 is 34.8 Å². The Balaban J connectivity index is 2.76. The lowest BCUT2D eigenvalue weighted by Crippen LogP contribution is -1.96. The third-order valence-electron chi connectivity index (χ3n) is 2.40. The lowest BCUT2D eigenvalue weighted by molar-refractivity contribution is 0.277. The Morgan fingerprint density at radius 3 is 2.50 bits per heavy atom. The van der Waals surface area contributed by atoms with E-state index in [0.29, 0.717) is 21.2 Å². The lowest BCUT2D eigenvalue weighted by Gasteiger charge is -2.11. The third kappa shape index (κ3) is 2.45. The van der Waals surface area contributed by atoms with E-state index in [-0.39, 0.29) is 17.3 Å². The first kappa shape index (κ1) is 13.6. The van der Waals surface area contributed by atoms with Gasteiger partial charge in [0.15, 0.2) is 0 Å². The summed E-state index contributed by atoms with van der Waals surface area (Å²) in [5.74, 6) is -0.547. The summed E-state index contributed by atoms with van der Waals surface area (Å²) in [7, 11) is 0. The average molecular weight is 307 g/mol. The largest absolute Gasteiger partial charge is 0.390 e. The van der Waals surface area contributed by atoms with Gasteiger partial charge in [0.05, 0.1) is 33.6 Å². The van der Waals surface area contributed by atoms with Crippen LogP contribution in [0.2, 0.25) is 15.1 Å². The molecule has 1 aromatic carbocycles. The van der Waals surface area contributed by atoms with Crippen molar-refractivity contribution < 1.29 is 9.50 Å². The number of hydrogen-bond acceptors (Lipinski definition) is 2. The predicted molar refractivity (Wildman–Crippen MR) is 70.6 cm³/mol. The quantitative estimate of drug-likeness (QED) is 0.837. The van der Waals surface area contributed by atoms with Gasteiger partial charge < -0.3 is 5.11 Å². The van der Waals surface area contributed by atoms with E-state index in [1.54, 1.807) is 12.1 Å². The van der Waals surface area contributed by atoms with Gasteiger partial charge in [-0.25, -0.2) is 4.39 Å². The number of benzene rings is 1. The summed E-state index contributed by atoms with van der Waals surface area (Å²) < 4.78 is 13.3. The van der Waals surface area contributed by atoms with Crippen molar-refractivity contribution in [2.24, 2.45) is 0 Å². The standard InChI is InChI=1S/C12H7Cl3FNO/c13-8-1-2-9(14)12(15)11(8)7-3-6(16)4-17-10(7)5-18/h1-4,18H,5H2. The van der Waals surface area contributed by atoms with Crippen LogP contribution in [-0.2, 0) is 6.61 Å². The zero-order valence-corrected chi connectivity index (χ0v) is 11.2. The van der Waals surface area contributed by atoms with E-state index >= 15 is 0 Å². The second kappa shape index (κ2) is 5.41. The Hall–Kier alpha value is -0.870. The number of rotatable bonds is 2. The van der Waals surface area contributed by atoms with Crippen LogP contribution in [0.3, 0.4) is 0 Å². The van der Waals surface area contributed by atoms with E-state index in [0.717, 1.165) is 6.20 Å². The predicted octanol–water partition coefficient (Wildman–Crippen LogP) is 4.34. The molecule has 1 heterocycles. The molecule has 0 aliphatic rings. The van der Waals surface area contributed by atoms with E-state index < -0.39 is 5.82 Å². The molecular formula is C12H7Cl3FNO. The Bertz CT molecular complexity index is 604. The fraction of sp³-hybridized carbons (Fsp3) is 0.0833. The fourth-order valence-electron chi connectivity index (χ4n) is 1.58. The number of aliphatic hydroxyl groups excluding tert-OH is 1. The van der Waals surface area contributed by atoms with E-state index in [1.807, 2.05) is 0 Å². The molecular weight excluding hydrogens is 299 g/mol. The molecule has 0 saturated carbocycles. The Kier molecular flexibility index (Phi) is 4.07. The van der Waals surface area contributed by atoms with Crippen LogP contribution in [0.15, 0.2) is 24.4 Å². The van der Waals surface area contributed by atoms with Gasteiger partial charge in [-0.3, -0.25) is 4.98 Å². The highest BCUT2D eigenvalue weighted by Crippen LogP contribution is 2.40. The highest BCUT2D eigenvalue weighted by Gasteiger charge is 2.16. The van der Waals surface area contributed by atoms with Crippen molar-refractivity contribution in [2.45, 2.75) is 6.61 Å². The minimum absolute atomic E-state index is 0.200. The molecule has 94 valence electrons. The minimum Gasteiger partial charge on any atom is -0.390 e. The SMILES string of the molecule is OCc1ncc(F)cc1-c1c(Cl)ccc(Cl)c1Cl. The van der Waals surface area contributed by atoms with Crippen molar-refractivity contribution >= 4 is 34.8 Å². The first-order valence-corrected chi connectivity index (χ1v) is 6.07. The van der Waals surface area contributed by atoms with Crippen molar-refractivity contribution in [3.63, 3.8) is 0 Å². The van der Waals surface area contributed by atoms with E-state index in [9.17, 15) is 9.50 Å². The molecule has 0 bridgehead atoms. The van der Waals surface area contributed by atoms with Gasteiger partial charge in [0.1, 0.15) is 5.82 Å². The third-order valence-corrected chi connectivity index (χ3v) is 3.52. The molecule has 2 aromatic rings. The van der Waals surface area contributed by atoms with Gasteiger partial charge in [-0.05, 0) is 18.2 Å². The summed E-state index contributed by atoms with van der Waals surface area (Å²) in [6, 6.07) is 4.31. The first-order chi connectivity index (χ1) is 8.54. The second-order valence-electron chi connectivity index (χ2n) is 3.52. The zero-order valence-electron chi connectivity index (χ0n) is 8.92. The minimum atomic E-state index is -0.547. The van der Waals surface area contributed by atoms with Gasteiger partial charge in [-0.2, -0.15) is 0 Å². The van der Waals surface area contributed by atoms with Crippen LogP contribution in [0, 0.1) is 5.82 Å². The summed E-state index contributed by atoms with van der Waals surface area (Å²) in [4.78, 5) is 3.80. The van der Waals surface area contributed by atoms with E-state index in [1.165, 1.54) is 6.07 Å². The molecule has 0 saturated heterocycles. The Labute approximate surface area is 118 Å². The second-order valence-corrected chi connectivity index (χ2v) is 4.72. The fourth-order valence-corrected chi connectivity index (χ4v) is 2.32. The molecule has 6 heteroatoms. The lowest BCUT2D eigenvalue weighted by atomic mass is 10.0. The number of aliphatic hydroxyl groups is 1. The number of nitrogens with zero attached hydrogens (tertiary/aromatic N) is 1. The maximum atomic E-state index is 13.3. The summed E-state index contributed by atoms with van der Waals surface area (Å²) >= 11 is 18.0. The van der Waals surface area contributed by atoms with E-state index in [4.69, 9.17) is 34.8 Å². The molecule has 0 fully saturated rings. The molecule has 2 nitrogen and oxygen atoms in total. The number of pyridine rings is 1. The molecule has 2 rings (SSSR count). The van der Waals surface area contributed by atoms with Crippen molar-refractivity contribution in [3.8, 4) is 11.1 Å². The summed E-state index contributed by atoms with van der Waals surface area (Å²) in [5.41, 5.74) is 0.972. The normalized spacial score (nSPS) is 10.7. The molecule has 0 aliphatic heterocycles. The zero-order chi connectivity index (χ0) is 13.3. The van der Waals surface area contributed by atoms with Gasteiger partial charge in [-0.1, -0.05) is 34.8 Å². The van der Waals surface area contributed by atoms with Gasteiger partial charge in [0.2, 0.25) is 0 Å². The average Bonchev–Trinajstić information content (AvgIpc) is 2.35. The first-order valence-electron chi connectivity index (χ1n) is 4.93. The van der Waals surface area contributed by atoms with Crippen LogP contribution in [0.1, 0.15) is 5.69 Å². The molecule has 1 aromatic heterocycles. The van der Waals surface area contributed by atoms with E-state index in [2.05, 4.69) is 4.98 Å². The summed E-state index contributed by atoms with van der Waals surface area (Å²) in [6.07, 6.45) is 1.02. The highest BCUT2D eigenvalue weighted by atomic mass is 35.5. The van der Waals surface area contributed by atoms with Gasteiger partial charge in [0, 0.05) is 11.1 Å². The molecule has 0 unspecified atom stereocenters. The summed E-state index contributed by atoms with van der Waals surface area (Å²) in [6.45, 7) is -0.352. The molecule has 0 atom stereocenters. The van der Waals surface area contributed by atoms with Gasteiger partial charge >= 0.3 is 0 Å². The molecule has 0 aliphatic carbocycles. The van der Waals surface area contributed by atoms with Crippen LogP contribution in [0.4, 0.5) is 4.39 Å². The van der Waals surface area contributed by atoms with Crippen molar-refractivity contribution in [1.82, 2.24) is 4.98 Å².